The number of nitrogens with two attached hydrogens (primary N) is 2. The SMILES string of the molecule is NC(=O)c1ccc(N)cc1Nc1cc(Br)c(F)cc1F. The number of nitrogens with one attached hydrogen (secondary N) is 1. The summed E-state index contributed by atoms with van der Waals surface area (Å²) in [6.07, 6.45) is 0. The standard InChI is InChI=1S/C13H10BrF2N3O/c14-8-4-12(10(16)5-9(8)15)19-11-3-6(17)1-2-7(11)13(18)20/h1-5,19H,17H2,(H2,18,20). The monoisotopic (exact) mass is 341 g/mol. The van der Waals surface area contributed by atoms with Crippen LogP contribution in [0.15, 0.2) is 34.8 Å². The summed E-state index contributed by atoms with van der Waals surface area (Å²) in [5, 5.41) is 2.68. The Kier molecular flexibility index (Phi) is 3.89. The van der Waals surface area contributed by atoms with Crippen molar-refractivity contribution in [3.63, 3.8) is 0 Å². The molecule has 0 saturated carbocycles. The molecule has 1 amide bonds. The van der Waals surface area contributed by atoms with E-state index in [0.29, 0.717) is 5.69 Å². The molecule has 5 N–H and O–H groups in total. The van der Waals surface area contributed by atoms with E-state index >= 15 is 0 Å². The van der Waals surface area contributed by atoms with E-state index in [4.69, 9.17) is 11.5 Å². The van der Waals surface area contributed by atoms with Gasteiger partial charge >= 0.3 is 0 Å². The van der Waals surface area contributed by atoms with Crippen LogP contribution in [-0.4, -0.2) is 5.91 Å². The fourth-order valence-electron chi connectivity index (χ4n) is 1.64. The molecule has 0 aliphatic carbocycles. The summed E-state index contributed by atoms with van der Waals surface area (Å²) in [6, 6.07) is 6.32. The van der Waals surface area contributed by atoms with Crippen molar-refractivity contribution in [1.29, 1.82) is 0 Å². The van der Waals surface area contributed by atoms with Crippen LogP contribution >= 0.6 is 15.9 Å². The number of carbonyl (C=O) groups excluding carboxylic acids is 1. The van der Waals surface area contributed by atoms with E-state index in [-0.39, 0.29) is 21.4 Å². The topological polar surface area (TPSA) is 81.1 Å². The van der Waals surface area contributed by atoms with Crippen LogP contribution in [0.2, 0.25) is 0 Å². The van der Waals surface area contributed by atoms with E-state index in [9.17, 15) is 13.6 Å². The van der Waals surface area contributed by atoms with Crippen molar-refractivity contribution in [2.75, 3.05) is 11.1 Å². The van der Waals surface area contributed by atoms with E-state index in [2.05, 4.69) is 21.2 Å². The molecule has 20 heavy (non-hydrogen) atoms. The van der Waals surface area contributed by atoms with E-state index in [1.165, 1.54) is 24.3 Å². The molecule has 4 nitrogen and oxygen atoms in total. The predicted octanol–water partition coefficient (Wildman–Crippen LogP) is 3.15. The van der Waals surface area contributed by atoms with Gasteiger partial charge in [0.1, 0.15) is 11.6 Å². The number of hydrogen-bond acceptors (Lipinski definition) is 3. The van der Waals surface area contributed by atoms with Crippen LogP contribution in [0.1, 0.15) is 10.4 Å². The summed E-state index contributed by atoms with van der Waals surface area (Å²) in [5.41, 5.74) is 11.6. The molecule has 2 rings (SSSR count). The van der Waals surface area contributed by atoms with E-state index in [1.54, 1.807) is 0 Å². The summed E-state index contributed by atoms with van der Waals surface area (Å²) >= 11 is 2.96. The third-order valence-corrected chi connectivity index (χ3v) is 3.20. The van der Waals surface area contributed by atoms with Crippen LogP contribution in [0, 0.1) is 11.6 Å². The number of hydrogen-bond donors (Lipinski definition) is 3. The smallest absolute Gasteiger partial charge is 0.250 e. The van der Waals surface area contributed by atoms with Crippen molar-refractivity contribution >= 4 is 38.9 Å². The highest BCUT2D eigenvalue weighted by Gasteiger charge is 2.13. The minimum absolute atomic E-state index is 0.00799. The second kappa shape index (κ2) is 5.46. The highest BCUT2D eigenvalue weighted by Crippen LogP contribution is 2.28. The van der Waals surface area contributed by atoms with Gasteiger partial charge in [0.2, 0.25) is 0 Å². The van der Waals surface area contributed by atoms with Gasteiger partial charge in [0, 0.05) is 11.8 Å². The lowest BCUT2D eigenvalue weighted by Gasteiger charge is -2.12. The summed E-state index contributed by atoms with van der Waals surface area (Å²) in [6.45, 7) is 0. The van der Waals surface area contributed by atoms with Crippen molar-refractivity contribution in [3.05, 3.63) is 52.0 Å². The number of nitrogen functional groups attached to an aromatic ring is 1. The summed E-state index contributed by atoms with van der Waals surface area (Å²) < 4.78 is 26.9. The molecule has 0 bridgehead atoms. The Balaban J connectivity index is 2.47. The maximum atomic E-state index is 13.7. The van der Waals surface area contributed by atoms with Crippen molar-refractivity contribution in [2.24, 2.45) is 5.73 Å². The van der Waals surface area contributed by atoms with Crippen LogP contribution in [0.25, 0.3) is 0 Å². The third kappa shape index (κ3) is 2.88. The first-order valence-electron chi connectivity index (χ1n) is 5.49. The highest BCUT2D eigenvalue weighted by molar-refractivity contribution is 9.10. The van der Waals surface area contributed by atoms with Crippen LogP contribution in [0.3, 0.4) is 0 Å². The molecule has 0 saturated heterocycles. The van der Waals surface area contributed by atoms with Gasteiger partial charge in [-0.2, -0.15) is 0 Å². The average Bonchev–Trinajstić information content (AvgIpc) is 2.35. The van der Waals surface area contributed by atoms with Crippen LogP contribution in [0.4, 0.5) is 25.8 Å². The largest absolute Gasteiger partial charge is 0.399 e. The third-order valence-electron chi connectivity index (χ3n) is 2.59. The quantitative estimate of drug-likeness (QED) is 0.592. The van der Waals surface area contributed by atoms with Gasteiger partial charge in [-0.15, -0.1) is 0 Å². The Morgan fingerprint density at radius 2 is 1.80 bits per heavy atom. The number of primary amides is 1. The average molecular weight is 342 g/mol. The maximum absolute atomic E-state index is 13.7. The molecular weight excluding hydrogens is 332 g/mol. The van der Waals surface area contributed by atoms with Crippen LogP contribution in [-0.2, 0) is 0 Å². The Morgan fingerprint density at radius 1 is 1.10 bits per heavy atom. The minimum atomic E-state index is -0.802. The molecule has 0 unspecified atom stereocenters. The molecule has 2 aromatic rings. The van der Waals surface area contributed by atoms with Crippen LogP contribution in [0.5, 0.6) is 0 Å². The highest BCUT2D eigenvalue weighted by atomic mass is 79.9. The van der Waals surface area contributed by atoms with Crippen molar-refractivity contribution in [3.8, 4) is 0 Å². The van der Waals surface area contributed by atoms with Gasteiger partial charge in [0.15, 0.2) is 0 Å². The maximum Gasteiger partial charge on any atom is 0.250 e. The fraction of sp³-hybridized carbons (Fsp3) is 0. The second-order valence-corrected chi connectivity index (χ2v) is 4.89. The van der Waals surface area contributed by atoms with Gasteiger partial charge in [0.05, 0.1) is 21.4 Å². The number of anilines is 3. The lowest BCUT2D eigenvalue weighted by atomic mass is 10.1. The Labute approximate surface area is 121 Å². The molecule has 0 fully saturated rings. The van der Waals surface area contributed by atoms with Crippen molar-refractivity contribution in [2.45, 2.75) is 0 Å². The molecule has 2 aromatic carbocycles. The van der Waals surface area contributed by atoms with E-state index in [1.807, 2.05) is 0 Å². The van der Waals surface area contributed by atoms with E-state index in [0.717, 1.165) is 6.07 Å². The van der Waals surface area contributed by atoms with Gasteiger partial charge in [0.25, 0.3) is 5.91 Å². The summed E-state index contributed by atoms with van der Waals surface area (Å²) in [5.74, 6) is -2.21. The first-order chi connectivity index (χ1) is 9.38. The Hall–Kier alpha value is -2.15. The molecule has 0 aromatic heterocycles. The first-order valence-corrected chi connectivity index (χ1v) is 6.28. The molecule has 0 heterocycles. The van der Waals surface area contributed by atoms with Gasteiger partial charge in [-0.25, -0.2) is 8.78 Å². The van der Waals surface area contributed by atoms with Crippen molar-refractivity contribution < 1.29 is 13.6 Å². The van der Waals surface area contributed by atoms with Crippen molar-refractivity contribution in [1.82, 2.24) is 0 Å². The number of benzene rings is 2. The molecule has 0 atom stereocenters. The van der Waals surface area contributed by atoms with Gasteiger partial charge in [-0.3, -0.25) is 4.79 Å². The molecule has 104 valence electrons. The van der Waals surface area contributed by atoms with Gasteiger partial charge in [-0.05, 0) is 40.2 Å². The molecule has 0 aliphatic rings. The number of amides is 1. The molecule has 0 radical (unpaired) electrons. The zero-order chi connectivity index (χ0) is 14.9. The second-order valence-electron chi connectivity index (χ2n) is 4.04. The van der Waals surface area contributed by atoms with Crippen LogP contribution < -0.4 is 16.8 Å². The zero-order valence-corrected chi connectivity index (χ0v) is 11.7. The normalized spacial score (nSPS) is 10.3. The Bertz CT molecular complexity index is 692. The van der Waals surface area contributed by atoms with Gasteiger partial charge < -0.3 is 16.8 Å². The number of rotatable bonds is 3. The number of halogens is 3. The Morgan fingerprint density at radius 3 is 2.45 bits per heavy atom. The summed E-state index contributed by atoms with van der Waals surface area (Å²) in [7, 11) is 0. The minimum Gasteiger partial charge on any atom is -0.399 e. The van der Waals surface area contributed by atoms with E-state index < -0.39 is 17.5 Å². The van der Waals surface area contributed by atoms with Gasteiger partial charge in [-0.1, -0.05) is 0 Å². The zero-order valence-electron chi connectivity index (χ0n) is 10.1. The first kappa shape index (κ1) is 14.3. The lowest BCUT2D eigenvalue weighted by molar-refractivity contribution is 0.100. The molecular formula is C13H10BrF2N3O. The summed E-state index contributed by atoms with van der Waals surface area (Å²) in [4.78, 5) is 11.3. The predicted molar refractivity (Wildman–Crippen MR) is 76.7 cm³/mol. The fourth-order valence-corrected chi connectivity index (χ4v) is 1.99. The number of carbonyl (C=O) groups is 1. The molecule has 0 spiro atoms. The molecule has 7 heteroatoms. The molecule has 0 aliphatic heterocycles. The lowest BCUT2D eigenvalue weighted by Crippen LogP contribution is -2.13.